The van der Waals surface area contributed by atoms with E-state index < -0.39 is 0 Å². The molecule has 19 heavy (non-hydrogen) atoms. The monoisotopic (exact) mass is 260 g/mol. The van der Waals surface area contributed by atoms with E-state index in [1.54, 1.807) is 18.5 Å². The number of nitrogens with zero attached hydrogens (tertiary/aromatic N) is 1. The van der Waals surface area contributed by atoms with Gasteiger partial charge in [0.1, 0.15) is 0 Å². The van der Waals surface area contributed by atoms with Crippen molar-refractivity contribution in [2.45, 2.75) is 58.4 Å². The highest BCUT2D eigenvalue weighted by molar-refractivity contribution is 5.94. The number of hydrogen-bond donors (Lipinski definition) is 1. The van der Waals surface area contributed by atoms with Crippen LogP contribution in [0.4, 0.5) is 0 Å². The Morgan fingerprint density at radius 3 is 2.53 bits per heavy atom. The summed E-state index contributed by atoms with van der Waals surface area (Å²) in [5.74, 6) is -0.00398. The second kappa shape index (κ2) is 5.32. The molecule has 1 aromatic heterocycles. The molecule has 1 heterocycles. The number of aromatic nitrogens is 1. The van der Waals surface area contributed by atoms with Crippen LogP contribution in [0.5, 0.6) is 0 Å². The maximum absolute atomic E-state index is 12.2. The lowest BCUT2D eigenvalue weighted by atomic mass is 9.68. The molecule has 2 rings (SSSR count). The maximum Gasteiger partial charge on any atom is 0.253 e. The Labute approximate surface area is 115 Å². The second-order valence-corrected chi connectivity index (χ2v) is 6.42. The molecule has 1 fully saturated rings. The molecule has 0 radical (unpaired) electrons. The minimum atomic E-state index is -0.0679. The predicted octanol–water partition coefficient (Wildman–Crippen LogP) is 3.56. The summed E-state index contributed by atoms with van der Waals surface area (Å²) in [4.78, 5) is 16.2. The van der Waals surface area contributed by atoms with Gasteiger partial charge in [0.05, 0.1) is 5.56 Å². The molecule has 1 aliphatic rings. The molecule has 0 aliphatic heterocycles. The van der Waals surface area contributed by atoms with Crippen LogP contribution in [0.25, 0.3) is 0 Å². The highest BCUT2D eigenvalue weighted by atomic mass is 16.1. The van der Waals surface area contributed by atoms with E-state index in [1.165, 1.54) is 19.3 Å². The number of rotatable bonds is 3. The molecule has 3 heteroatoms. The topological polar surface area (TPSA) is 42.0 Å². The largest absolute Gasteiger partial charge is 0.347 e. The first-order valence-corrected chi connectivity index (χ1v) is 7.19. The SMILES string of the molecule is CCC1(C)CCC(C)(NC(=O)c2cccnc2)CC1. The number of nitrogens with one attached hydrogen (secondary N) is 1. The maximum atomic E-state index is 12.2. The number of pyridine rings is 1. The molecule has 3 nitrogen and oxygen atoms in total. The Morgan fingerprint density at radius 1 is 1.32 bits per heavy atom. The molecule has 0 bridgehead atoms. The van der Waals surface area contributed by atoms with Crippen LogP contribution in [0, 0.1) is 5.41 Å². The fourth-order valence-corrected chi connectivity index (χ4v) is 2.73. The molecule has 1 aromatic rings. The summed E-state index contributed by atoms with van der Waals surface area (Å²) in [5, 5.41) is 3.19. The molecule has 1 N–H and O–H groups in total. The summed E-state index contributed by atoms with van der Waals surface area (Å²) in [6, 6.07) is 3.61. The van der Waals surface area contributed by atoms with Crippen LogP contribution >= 0.6 is 0 Å². The second-order valence-electron chi connectivity index (χ2n) is 6.42. The van der Waals surface area contributed by atoms with Gasteiger partial charge in [-0.3, -0.25) is 9.78 Å². The average Bonchev–Trinajstić information content (AvgIpc) is 2.44. The van der Waals surface area contributed by atoms with E-state index >= 15 is 0 Å². The van der Waals surface area contributed by atoms with Crippen molar-refractivity contribution in [2.75, 3.05) is 0 Å². The van der Waals surface area contributed by atoms with Crippen molar-refractivity contribution in [2.24, 2.45) is 5.41 Å². The molecule has 0 unspecified atom stereocenters. The Morgan fingerprint density at radius 2 is 2.00 bits per heavy atom. The smallest absolute Gasteiger partial charge is 0.253 e. The summed E-state index contributed by atoms with van der Waals surface area (Å²) >= 11 is 0. The standard InChI is InChI=1S/C16H24N2O/c1-4-15(2)7-9-16(3,10-8-15)18-14(19)13-6-5-11-17-12-13/h5-6,11-12H,4,7-10H2,1-3H3,(H,18,19). The highest BCUT2D eigenvalue weighted by Gasteiger charge is 2.37. The summed E-state index contributed by atoms with van der Waals surface area (Å²) in [6.45, 7) is 6.78. The third-order valence-corrected chi connectivity index (χ3v) is 4.75. The molecule has 104 valence electrons. The van der Waals surface area contributed by atoms with Gasteiger partial charge in [-0.15, -0.1) is 0 Å². The molecule has 1 saturated carbocycles. The predicted molar refractivity (Wildman–Crippen MR) is 77.0 cm³/mol. The highest BCUT2D eigenvalue weighted by Crippen LogP contribution is 2.42. The van der Waals surface area contributed by atoms with Gasteiger partial charge in [0.25, 0.3) is 5.91 Å². The molecular formula is C16H24N2O. The third-order valence-electron chi connectivity index (χ3n) is 4.75. The number of hydrogen-bond acceptors (Lipinski definition) is 2. The zero-order valence-corrected chi connectivity index (χ0v) is 12.2. The van der Waals surface area contributed by atoms with Crippen molar-refractivity contribution in [3.05, 3.63) is 30.1 Å². The van der Waals surface area contributed by atoms with Crippen molar-refractivity contribution in [3.63, 3.8) is 0 Å². The molecule has 0 aromatic carbocycles. The lowest BCUT2D eigenvalue weighted by Crippen LogP contribution is -2.49. The van der Waals surface area contributed by atoms with Crippen LogP contribution in [0.15, 0.2) is 24.5 Å². The van der Waals surface area contributed by atoms with Gasteiger partial charge in [0.15, 0.2) is 0 Å². The Kier molecular flexibility index (Phi) is 3.93. The number of carbonyl (C=O) groups excluding carboxylic acids is 1. The average molecular weight is 260 g/mol. The van der Waals surface area contributed by atoms with Crippen molar-refractivity contribution in [3.8, 4) is 0 Å². The normalized spacial score (nSPS) is 30.9. The molecule has 1 amide bonds. The molecule has 0 atom stereocenters. The van der Waals surface area contributed by atoms with Gasteiger partial charge in [0, 0.05) is 17.9 Å². The third kappa shape index (κ3) is 3.34. The van der Waals surface area contributed by atoms with E-state index in [4.69, 9.17) is 0 Å². The van der Waals surface area contributed by atoms with Gasteiger partial charge in [-0.1, -0.05) is 20.3 Å². The van der Waals surface area contributed by atoms with Crippen molar-refractivity contribution >= 4 is 5.91 Å². The number of amides is 1. The van der Waals surface area contributed by atoms with Crippen molar-refractivity contribution in [1.82, 2.24) is 10.3 Å². The van der Waals surface area contributed by atoms with Crippen LogP contribution < -0.4 is 5.32 Å². The lowest BCUT2D eigenvalue weighted by molar-refractivity contribution is 0.0804. The van der Waals surface area contributed by atoms with Gasteiger partial charge in [-0.2, -0.15) is 0 Å². The molecule has 1 aliphatic carbocycles. The first-order valence-electron chi connectivity index (χ1n) is 7.19. The fourth-order valence-electron chi connectivity index (χ4n) is 2.73. The van der Waals surface area contributed by atoms with Gasteiger partial charge in [-0.05, 0) is 50.2 Å². The van der Waals surface area contributed by atoms with E-state index in [1.807, 2.05) is 6.07 Å². The molecular weight excluding hydrogens is 236 g/mol. The zero-order valence-electron chi connectivity index (χ0n) is 12.2. The quantitative estimate of drug-likeness (QED) is 0.903. The van der Waals surface area contributed by atoms with Gasteiger partial charge in [-0.25, -0.2) is 0 Å². The van der Waals surface area contributed by atoms with Crippen molar-refractivity contribution in [1.29, 1.82) is 0 Å². The van der Waals surface area contributed by atoms with E-state index in [0.29, 0.717) is 11.0 Å². The van der Waals surface area contributed by atoms with Crippen LogP contribution in [0.3, 0.4) is 0 Å². The summed E-state index contributed by atoms with van der Waals surface area (Å²) in [5.41, 5.74) is 1.03. The fraction of sp³-hybridized carbons (Fsp3) is 0.625. The van der Waals surface area contributed by atoms with E-state index in [0.717, 1.165) is 12.8 Å². The summed E-state index contributed by atoms with van der Waals surface area (Å²) in [7, 11) is 0. The van der Waals surface area contributed by atoms with Crippen LogP contribution in [-0.4, -0.2) is 16.4 Å². The van der Waals surface area contributed by atoms with Crippen LogP contribution in [0.1, 0.15) is 63.2 Å². The van der Waals surface area contributed by atoms with Crippen molar-refractivity contribution < 1.29 is 4.79 Å². The van der Waals surface area contributed by atoms with Crippen LogP contribution in [-0.2, 0) is 0 Å². The Hall–Kier alpha value is -1.38. The minimum Gasteiger partial charge on any atom is -0.347 e. The van der Waals surface area contributed by atoms with Gasteiger partial charge in [0.2, 0.25) is 0 Å². The van der Waals surface area contributed by atoms with E-state index in [2.05, 4.69) is 31.1 Å². The van der Waals surface area contributed by atoms with Gasteiger partial charge < -0.3 is 5.32 Å². The first kappa shape index (κ1) is 14.0. The van der Waals surface area contributed by atoms with Crippen LogP contribution in [0.2, 0.25) is 0 Å². The van der Waals surface area contributed by atoms with E-state index in [9.17, 15) is 4.79 Å². The molecule has 0 saturated heterocycles. The first-order chi connectivity index (χ1) is 8.96. The minimum absolute atomic E-state index is 0.00398. The Balaban J connectivity index is 1.98. The zero-order chi connectivity index (χ0) is 13.9. The summed E-state index contributed by atoms with van der Waals surface area (Å²) < 4.78 is 0. The summed E-state index contributed by atoms with van der Waals surface area (Å²) in [6.07, 6.45) is 9.02. The van der Waals surface area contributed by atoms with E-state index in [-0.39, 0.29) is 11.4 Å². The Bertz CT molecular complexity index is 433. The lowest BCUT2D eigenvalue weighted by Gasteiger charge is -2.43. The van der Waals surface area contributed by atoms with Gasteiger partial charge >= 0.3 is 0 Å². The number of carbonyl (C=O) groups is 1. The molecule has 0 spiro atoms.